The highest BCUT2D eigenvalue weighted by Crippen LogP contribution is 2.30. The molecule has 1 aliphatic carbocycles. The molecule has 1 aromatic rings. The van der Waals surface area contributed by atoms with Gasteiger partial charge < -0.3 is 10.6 Å². The number of rotatable bonds is 4. The van der Waals surface area contributed by atoms with Crippen molar-refractivity contribution in [3.63, 3.8) is 0 Å². The molecule has 0 spiro atoms. The van der Waals surface area contributed by atoms with Crippen molar-refractivity contribution < 1.29 is 4.79 Å². The lowest BCUT2D eigenvalue weighted by atomic mass is 9.81. The Balaban J connectivity index is 2.08. The van der Waals surface area contributed by atoms with E-state index in [-0.39, 0.29) is 5.91 Å². The third-order valence-corrected chi connectivity index (χ3v) is 4.27. The van der Waals surface area contributed by atoms with Crippen molar-refractivity contribution in [2.75, 3.05) is 19.3 Å². The smallest absolute Gasteiger partial charge is 0.232 e. The number of nitrogens with two attached hydrogens (primary N) is 1. The summed E-state index contributed by atoms with van der Waals surface area (Å²) >= 11 is 0. The topological polar surface area (TPSA) is 46.3 Å². The van der Waals surface area contributed by atoms with Crippen molar-refractivity contribution in [1.82, 2.24) is 4.90 Å². The maximum absolute atomic E-state index is 12.6. The minimum absolute atomic E-state index is 0.184. The summed E-state index contributed by atoms with van der Waals surface area (Å²) in [6, 6.07) is 7.61. The normalized spacial score (nSPS) is 15.9. The van der Waals surface area contributed by atoms with Crippen LogP contribution in [0.1, 0.15) is 38.7 Å². The molecule has 0 atom stereocenters. The van der Waals surface area contributed by atoms with E-state index in [1.165, 1.54) is 19.3 Å². The van der Waals surface area contributed by atoms with Gasteiger partial charge in [-0.05, 0) is 50.3 Å². The molecule has 19 heavy (non-hydrogen) atoms. The van der Waals surface area contributed by atoms with Crippen molar-refractivity contribution in [1.29, 1.82) is 0 Å². The van der Waals surface area contributed by atoms with Crippen LogP contribution in [-0.2, 0) is 10.2 Å². The summed E-state index contributed by atoms with van der Waals surface area (Å²) < 4.78 is 0. The van der Waals surface area contributed by atoms with E-state index in [0.717, 1.165) is 17.8 Å². The van der Waals surface area contributed by atoms with Crippen LogP contribution in [0, 0.1) is 5.92 Å². The number of benzene rings is 1. The second kappa shape index (κ2) is 5.24. The molecule has 1 aliphatic rings. The largest absolute Gasteiger partial charge is 0.399 e. The highest BCUT2D eigenvalue weighted by molar-refractivity contribution is 5.87. The van der Waals surface area contributed by atoms with Gasteiger partial charge >= 0.3 is 0 Å². The number of carbonyl (C=O) groups excluding carboxylic acids is 1. The number of likely N-dealkylation sites (N-methyl/N-ethyl adjacent to an activating group) is 1. The van der Waals surface area contributed by atoms with Gasteiger partial charge in [0.25, 0.3) is 0 Å². The molecule has 1 amide bonds. The Morgan fingerprint density at radius 3 is 2.37 bits per heavy atom. The number of amides is 1. The molecule has 0 saturated heterocycles. The number of hydrogen-bond donors (Lipinski definition) is 1. The maximum Gasteiger partial charge on any atom is 0.232 e. The average molecular weight is 260 g/mol. The third kappa shape index (κ3) is 2.91. The molecule has 0 bridgehead atoms. The Kier molecular flexibility index (Phi) is 3.83. The van der Waals surface area contributed by atoms with Crippen LogP contribution in [0.25, 0.3) is 0 Å². The molecule has 0 aromatic heterocycles. The van der Waals surface area contributed by atoms with E-state index in [1.54, 1.807) is 0 Å². The van der Waals surface area contributed by atoms with Crippen LogP contribution >= 0.6 is 0 Å². The first kappa shape index (κ1) is 13.9. The summed E-state index contributed by atoms with van der Waals surface area (Å²) in [5.74, 6) is 0.889. The molecule has 0 radical (unpaired) electrons. The lowest BCUT2D eigenvalue weighted by molar-refractivity contribution is -0.135. The predicted molar refractivity (Wildman–Crippen MR) is 78.9 cm³/mol. The Labute approximate surface area is 115 Å². The molecule has 1 aromatic carbocycles. The number of nitrogens with zero attached hydrogens (tertiary/aromatic N) is 1. The minimum Gasteiger partial charge on any atom is -0.399 e. The first-order chi connectivity index (χ1) is 8.91. The van der Waals surface area contributed by atoms with E-state index in [4.69, 9.17) is 5.73 Å². The van der Waals surface area contributed by atoms with E-state index < -0.39 is 5.41 Å². The zero-order chi connectivity index (χ0) is 14.0. The number of anilines is 1. The Morgan fingerprint density at radius 1 is 1.32 bits per heavy atom. The van der Waals surface area contributed by atoms with Crippen LogP contribution < -0.4 is 5.73 Å². The second-order valence-corrected chi connectivity index (χ2v) is 6.23. The first-order valence-electron chi connectivity index (χ1n) is 7.03. The molecule has 1 fully saturated rings. The van der Waals surface area contributed by atoms with Crippen LogP contribution in [0.5, 0.6) is 0 Å². The first-order valence-corrected chi connectivity index (χ1v) is 7.03. The van der Waals surface area contributed by atoms with Crippen LogP contribution in [0.3, 0.4) is 0 Å². The van der Waals surface area contributed by atoms with Gasteiger partial charge in [-0.3, -0.25) is 4.79 Å². The Bertz CT molecular complexity index is 446. The van der Waals surface area contributed by atoms with Gasteiger partial charge in [0.2, 0.25) is 5.91 Å². The van der Waals surface area contributed by atoms with Crippen molar-refractivity contribution in [2.24, 2.45) is 5.92 Å². The van der Waals surface area contributed by atoms with Gasteiger partial charge in [0.05, 0.1) is 5.41 Å². The summed E-state index contributed by atoms with van der Waals surface area (Å²) in [5.41, 5.74) is 6.96. The SMILES string of the molecule is CN(CC1CCC1)C(=O)C(C)(C)c1ccc(N)cc1. The summed E-state index contributed by atoms with van der Waals surface area (Å²) in [5, 5.41) is 0. The van der Waals surface area contributed by atoms with Gasteiger partial charge in [-0.25, -0.2) is 0 Å². The molecule has 0 aliphatic heterocycles. The van der Waals surface area contributed by atoms with Crippen molar-refractivity contribution in [2.45, 2.75) is 38.5 Å². The highest BCUT2D eigenvalue weighted by atomic mass is 16.2. The second-order valence-electron chi connectivity index (χ2n) is 6.23. The van der Waals surface area contributed by atoms with E-state index in [0.29, 0.717) is 5.92 Å². The van der Waals surface area contributed by atoms with Crippen LogP contribution in [0.15, 0.2) is 24.3 Å². The third-order valence-electron chi connectivity index (χ3n) is 4.27. The summed E-state index contributed by atoms with van der Waals surface area (Å²) in [4.78, 5) is 14.5. The van der Waals surface area contributed by atoms with Crippen LogP contribution in [0.2, 0.25) is 0 Å². The Morgan fingerprint density at radius 2 is 1.89 bits per heavy atom. The molecular formula is C16H24N2O. The van der Waals surface area contributed by atoms with Gasteiger partial charge in [-0.1, -0.05) is 18.6 Å². The molecule has 0 unspecified atom stereocenters. The summed E-state index contributed by atoms with van der Waals surface area (Å²) in [6.07, 6.45) is 3.84. The molecule has 1 saturated carbocycles. The van der Waals surface area contributed by atoms with Crippen molar-refractivity contribution in [3.8, 4) is 0 Å². The van der Waals surface area contributed by atoms with Gasteiger partial charge in [-0.2, -0.15) is 0 Å². The van der Waals surface area contributed by atoms with E-state index in [1.807, 2.05) is 50.1 Å². The van der Waals surface area contributed by atoms with Crippen LogP contribution in [-0.4, -0.2) is 24.4 Å². The lowest BCUT2D eigenvalue weighted by Gasteiger charge is -2.35. The molecular weight excluding hydrogens is 236 g/mol. The molecule has 2 N–H and O–H groups in total. The standard InChI is InChI=1S/C16H24N2O/c1-16(2,13-7-9-14(17)10-8-13)15(19)18(3)11-12-5-4-6-12/h7-10,12H,4-6,11,17H2,1-3H3. The van der Waals surface area contributed by atoms with Crippen LogP contribution in [0.4, 0.5) is 5.69 Å². The molecule has 3 heteroatoms. The van der Waals surface area contributed by atoms with Crippen molar-refractivity contribution in [3.05, 3.63) is 29.8 Å². The summed E-state index contributed by atoms with van der Waals surface area (Å²) in [7, 11) is 1.92. The van der Waals surface area contributed by atoms with Gasteiger partial charge in [-0.15, -0.1) is 0 Å². The number of carbonyl (C=O) groups is 1. The van der Waals surface area contributed by atoms with E-state index in [9.17, 15) is 4.79 Å². The average Bonchev–Trinajstić information content (AvgIpc) is 2.33. The Hall–Kier alpha value is -1.51. The van der Waals surface area contributed by atoms with Gasteiger partial charge in [0, 0.05) is 19.3 Å². The highest BCUT2D eigenvalue weighted by Gasteiger charge is 2.33. The number of hydrogen-bond acceptors (Lipinski definition) is 2. The molecule has 104 valence electrons. The predicted octanol–water partition coefficient (Wildman–Crippen LogP) is 2.80. The molecule has 3 nitrogen and oxygen atoms in total. The van der Waals surface area contributed by atoms with Crippen molar-refractivity contribution >= 4 is 11.6 Å². The lowest BCUT2D eigenvalue weighted by Crippen LogP contribution is -2.44. The maximum atomic E-state index is 12.6. The fourth-order valence-electron chi connectivity index (χ4n) is 2.65. The fraction of sp³-hybridized carbons (Fsp3) is 0.562. The number of nitrogen functional groups attached to an aromatic ring is 1. The fourth-order valence-corrected chi connectivity index (χ4v) is 2.65. The van der Waals surface area contributed by atoms with Gasteiger partial charge in [0.15, 0.2) is 0 Å². The summed E-state index contributed by atoms with van der Waals surface area (Å²) in [6.45, 7) is 4.85. The van der Waals surface area contributed by atoms with E-state index >= 15 is 0 Å². The quantitative estimate of drug-likeness (QED) is 0.846. The zero-order valence-electron chi connectivity index (χ0n) is 12.1. The zero-order valence-corrected chi connectivity index (χ0v) is 12.1. The molecule has 2 rings (SSSR count). The molecule has 0 heterocycles. The monoisotopic (exact) mass is 260 g/mol. The minimum atomic E-state index is -0.494. The van der Waals surface area contributed by atoms with E-state index in [2.05, 4.69) is 0 Å². The van der Waals surface area contributed by atoms with Gasteiger partial charge in [0.1, 0.15) is 0 Å².